The largest absolute Gasteiger partial charge is 0.372 e. The Morgan fingerprint density at radius 3 is 2.68 bits per heavy atom. The van der Waals surface area contributed by atoms with Crippen LogP contribution in [0, 0.1) is 0 Å². The molecule has 1 aliphatic carbocycles. The number of anilines is 2. The average Bonchev–Trinajstić information content (AvgIpc) is 3.31. The summed E-state index contributed by atoms with van der Waals surface area (Å²) in [6.45, 7) is 5.77. The number of nitrogens with zero attached hydrogens (tertiary/aromatic N) is 3. The Bertz CT molecular complexity index is 743. The number of aromatic amines is 1. The molecule has 2 fully saturated rings. The number of morpholine rings is 1. The van der Waals surface area contributed by atoms with Crippen LogP contribution in [0.25, 0.3) is 0 Å². The fourth-order valence-corrected chi connectivity index (χ4v) is 3.26. The van der Waals surface area contributed by atoms with Crippen molar-refractivity contribution in [2.75, 3.05) is 23.3 Å². The average molecular weight is 341 g/mol. The molecule has 2 atom stereocenters. The first-order valence-corrected chi connectivity index (χ1v) is 8.81. The molecule has 1 saturated carbocycles. The van der Waals surface area contributed by atoms with Gasteiger partial charge in [-0.15, -0.1) is 0 Å². The summed E-state index contributed by atoms with van der Waals surface area (Å²) in [5.41, 5.74) is 2.13. The van der Waals surface area contributed by atoms with Crippen molar-refractivity contribution >= 4 is 17.4 Å². The first-order valence-electron chi connectivity index (χ1n) is 8.81. The number of ether oxygens (including phenoxy) is 1. The highest BCUT2D eigenvalue weighted by atomic mass is 16.5. The standard InChI is InChI=1S/C18H23N5O2/c1-11-9-23(10-12(2)25-11)17-6-5-14(8-19-17)20-18(24)16-7-15(21-22-16)13-3-4-13/h5-8,11-13H,3-4,9-10H2,1-2H3,(H,20,24)(H,21,22)/t11-,12-/m0/s1. The van der Waals surface area contributed by atoms with E-state index in [1.807, 2.05) is 18.2 Å². The minimum absolute atomic E-state index is 0.185. The first kappa shape index (κ1) is 16.1. The van der Waals surface area contributed by atoms with Gasteiger partial charge in [0, 0.05) is 24.7 Å². The number of amides is 1. The second-order valence-corrected chi connectivity index (χ2v) is 7.00. The van der Waals surface area contributed by atoms with Gasteiger partial charge in [0.15, 0.2) is 5.69 Å². The lowest BCUT2D eigenvalue weighted by molar-refractivity contribution is -0.00545. The predicted molar refractivity (Wildman–Crippen MR) is 95.0 cm³/mol. The summed E-state index contributed by atoms with van der Waals surface area (Å²) in [4.78, 5) is 19.0. The summed E-state index contributed by atoms with van der Waals surface area (Å²) in [6, 6.07) is 5.64. The van der Waals surface area contributed by atoms with Gasteiger partial charge >= 0.3 is 0 Å². The zero-order valence-electron chi connectivity index (χ0n) is 14.5. The molecule has 132 valence electrons. The van der Waals surface area contributed by atoms with E-state index in [-0.39, 0.29) is 18.1 Å². The zero-order valence-corrected chi connectivity index (χ0v) is 14.5. The first-order chi connectivity index (χ1) is 12.1. The van der Waals surface area contributed by atoms with E-state index in [4.69, 9.17) is 4.74 Å². The Balaban J connectivity index is 1.40. The van der Waals surface area contributed by atoms with E-state index < -0.39 is 0 Å². The summed E-state index contributed by atoms with van der Waals surface area (Å²) in [5, 5.41) is 9.90. The van der Waals surface area contributed by atoms with Crippen LogP contribution in [0.15, 0.2) is 24.4 Å². The van der Waals surface area contributed by atoms with Crippen LogP contribution in [0.2, 0.25) is 0 Å². The van der Waals surface area contributed by atoms with Crippen molar-refractivity contribution in [2.45, 2.75) is 44.8 Å². The number of pyridine rings is 1. The van der Waals surface area contributed by atoms with Gasteiger partial charge in [-0.3, -0.25) is 9.89 Å². The van der Waals surface area contributed by atoms with E-state index >= 15 is 0 Å². The van der Waals surface area contributed by atoms with Crippen molar-refractivity contribution in [1.29, 1.82) is 0 Å². The number of carbonyl (C=O) groups is 1. The number of aromatic nitrogens is 3. The van der Waals surface area contributed by atoms with Crippen molar-refractivity contribution in [3.63, 3.8) is 0 Å². The minimum Gasteiger partial charge on any atom is -0.372 e. The molecule has 0 unspecified atom stereocenters. The van der Waals surface area contributed by atoms with Gasteiger partial charge in [0.05, 0.1) is 24.1 Å². The van der Waals surface area contributed by atoms with Crippen LogP contribution in [-0.4, -0.2) is 46.4 Å². The molecule has 7 nitrogen and oxygen atoms in total. The third-order valence-electron chi connectivity index (χ3n) is 4.60. The number of carbonyl (C=O) groups excluding carboxylic acids is 1. The molecule has 0 radical (unpaired) electrons. The van der Waals surface area contributed by atoms with Crippen LogP contribution in [0.3, 0.4) is 0 Å². The van der Waals surface area contributed by atoms with Crippen LogP contribution in [0.1, 0.15) is 48.8 Å². The Morgan fingerprint density at radius 1 is 1.28 bits per heavy atom. The van der Waals surface area contributed by atoms with E-state index in [2.05, 4.69) is 39.2 Å². The molecular formula is C18H23N5O2. The second kappa shape index (κ2) is 6.48. The highest BCUT2D eigenvalue weighted by Gasteiger charge is 2.26. The van der Waals surface area contributed by atoms with Gasteiger partial charge in [-0.05, 0) is 44.9 Å². The third kappa shape index (κ3) is 3.66. The van der Waals surface area contributed by atoms with E-state index in [0.717, 1.165) is 24.6 Å². The lowest BCUT2D eigenvalue weighted by Crippen LogP contribution is -2.45. The van der Waals surface area contributed by atoms with Gasteiger partial charge in [-0.25, -0.2) is 4.98 Å². The predicted octanol–water partition coefficient (Wildman–Crippen LogP) is 2.55. The molecule has 1 saturated heterocycles. The molecule has 3 heterocycles. The number of nitrogens with one attached hydrogen (secondary N) is 2. The summed E-state index contributed by atoms with van der Waals surface area (Å²) < 4.78 is 5.75. The maximum atomic E-state index is 12.3. The zero-order chi connectivity index (χ0) is 17.4. The topological polar surface area (TPSA) is 83.1 Å². The minimum atomic E-state index is -0.216. The molecule has 2 N–H and O–H groups in total. The highest BCUT2D eigenvalue weighted by molar-refractivity contribution is 6.02. The Hall–Kier alpha value is -2.41. The quantitative estimate of drug-likeness (QED) is 0.893. The van der Waals surface area contributed by atoms with Crippen LogP contribution in [0.4, 0.5) is 11.5 Å². The SMILES string of the molecule is C[C@H]1CN(c2ccc(NC(=O)c3cc(C4CC4)[nH]n3)cn2)C[C@H](C)O1. The monoisotopic (exact) mass is 341 g/mol. The molecule has 2 aromatic heterocycles. The Kier molecular flexibility index (Phi) is 4.17. The Labute approximate surface area is 146 Å². The van der Waals surface area contributed by atoms with Gasteiger partial charge < -0.3 is 15.0 Å². The van der Waals surface area contributed by atoms with E-state index in [1.54, 1.807) is 6.20 Å². The summed E-state index contributed by atoms with van der Waals surface area (Å²) in [7, 11) is 0. The molecule has 4 rings (SSSR count). The lowest BCUT2D eigenvalue weighted by atomic mass is 10.2. The number of hydrogen-bond donors (Lipinski definition) is 2. The van der Waals surface area contributed by atoms with Crippen LogP contribution in [-0.2, 0) is 4.74 Å². The van der Waals surface area contributed by atoms with E-state index in [9.17, 15) is 4.79 Å². The molecule has 0 aromatic carbocycles. The van der Waals surface area contributed by atoms with Gasteiger partial charge in [0.1, 0.15) is 5.82 Å². The van der Waals surface area contributed by atoms with Crippen molar-refractivity contribution in [3.05, 3.63) is 35.8 Å². The highest BCUT2D eigenvalue weighted by Crippen LogP contribution is 2.39. The smallest absolute Gasteiger partial charge is 0.276 e. The third-order valence-corrected chi connectivity index (χ3v) is 4.60. The maximum absolute atomic E-state index is 12.3. The summed E-state index contributed by atoms with van der Waals surface area (Å²) in [5.74, 6) is 1.23. The fourth-order valence-electron chi connectivity index (χ4n) is 3.26. The number of H-pyrrole nitrogens is 1. The maximum Gasteiger partial charge on any atom is 0.276 e. The van der Waals surface area contributed by atoms with Crippen LogP contribution in [0.5, 0.6) is 0 Å². The van der Waals surface area contributed by atoms with E-state index in [1.165, 1.54) is 12.8 Å². The lowest BCUT2D eigenvalue weighted by Gasteiger charge is -2.36. The summed E-state index contributed by atoms with van der Waals surface area (Å²) >= 11 is 0. The molecule has 1 amide bonds. The van der Waals surface area contributed by atoms with Crippen molar-refractivity contribution in [3.8, 4) is 0 Å². The Morgan fingerprint density at radius 2 is 2.04 bits per heavy atom. The van der Waals surface area contributed by atoms with E-state index in [0.29, 0.717) is 17.3 Å². The molecule has 2 aliphatic rings. The van der Waals surface area contributed by atoms with Crippen molar-refractivity contribution in [1.82, 2.24) is 15.2 Å². The normalized spacial score (nSPS) is 23.5. The van der Waals surface area contributed by atoms with Gasteiger partial charge in [0.2, 0.25) is 0 Å². The molecular weight excluding hydrogens is 318 g/mol. The van der Waals surface area contributed by atoms with Gasteiger partial charge in [-0.1, -0.05) is 0 Å². The van der Waals surface area contributed by atoms with Gasteiger partial charge in [-0.2, -0.15) is 5.10 Å². The van der Waals surface area contributed by atoms with Crippen LogP contribution < -0.4 is 10.2 Å². The molecule has 7 heteroatoms. The summed E-state index contributed by atoms with van der Waals surface area (Å²) in [6.07, 6.45) is 4.41. The number of hydrogen-bond acceptors (Lipinski definition) is 5. The van der Waals surface area contributed by atoms with Crippen molar-refractivity contribution < 1.29 is 9.53 Å². The second-order valence-electron chi connectivity index (χ2n) is 7.00. The molecule has 0 bridgehead atoms. The molecule has 2 aromatic rings. The van der Waals surface area contributed by atoms with Crippen molar-refractivity contribution in [2.24, 2.45) is 0 Å². The molecule has 0 spiro atoms. The number of rotatable bonds is 4. The van der Waals surface area contributed by atoms with Crippen LogP contribution >= 0.6 is 0 Å². The molecule has 25 heavy (non-hydrogen) atoms. The van der Waals surface area contributed by atoms with Gasteiger partial charge in [0.25, 0.3) is 5.91 Å². The molecule has 1 aliphatic heterocycles. The fraction of sp³-hybridized carbons (Fsp3) is 0.500.